The van der Waals surface area contributed by atoms with Gasteiger partial charge in [0.1, 0.15) is 0 Å². The highest BCUT2D eigenvalue weighted by atomic mass is 15.1. The Morgan fingerprint density at radius 1 is 0.408 bits per heavy atom. The van der Waals surface area contributed by atoms with Gasteiger partial charge in [-0.15, -0.1) is 0 Å². The third-order valence-electron chi connectivity index (χ3n) is 9.06. The first-order chi connectivity index (χ1) is 24.2. The van der Waals surface area contributed by atoms with Crippen molar-refractivity contribution in [2.75, 3.05) is 9.80 Å². The molecule has 2 nitrogen and oxygen atoms in total. The Bertz CT molecular complexity index is 1800. The third-order valence-corrected chi connectivity index (χ3v) is 9.06. The van der Waals surface area contributed by atoms with Crippen LogP contribution in [0.1, 0.15) is 44.2 Å². The molecular weight excluding hydrogens is 593 g/mol. The van der Waals surface area contributed by atoms with Crippen molar-refractivity contribution in [3.8, 4) is 0 Å². The highest BCUT2D eigenvalue weighted by molar-refractivity contribution is 5.78. The number of nitrogens with zero attached hydrogens (tertiary/aromatic N) is 2. The molecule has 2 heteroatoms. The molecule has 0 saturated heterocycles. The normalized spacial score (nSPS) is 12.6. The Morgan fingerprint density at radius 2 is 0.735 bits per heavy atom. The zero-order valence-electron chi connectivity index (χ0n) is 28.6. The molecular formula is C47H46N2. The molecule has 0 aliphatic carbocycles. The number of anilines is 6. The van der Waals surface area contributed by atoms with Crippen molar-refractivity contribution in [3.63, 3.8) is 0 Å². The molecule has 6 rings (SSSR count). The highest BCUT2D eigenvalue weighted by Crippen LogP contribution is 2.35. The number of benzene rings is 6. The second-order valence-electron chi connectivity index (χ2n) is 12.6. The third kappa shape index (κ3) is 9.06. The van der Waals surface area contributed by atoms with Gasteiger partial charge in [0.25, 0.3) is 0 Å². The van der Waals surface area contributed by atoms with Crippen LogP contribution in [-0.4, -0.2) is 0 Å². The molecule has 6 aromatic carbocycles. The van der Waals surface area contributed by atoms with Crippen LogP contribution in [0.15, 0.2) is 182 Å². The summed E-state index contributed by atoms with van der Waals surface area (Å²) in [6.45, 7) is 4.63. The second kappa shape index (κ2) is 17.0. The summed E-state index contributed by atoms with van der Waals surface area (Å²) in [5.74, 6) is 1.07. The second-order valence-corrected chi connectivity index (χ2v) is 12.6. The first-order valence-electron chi connectivity index (χ1n) is 17.5. The van der Waals surface area contributed by atoms with Crippen LogP contribution >= 0.6 is 0 Å². The van der Waals surface area contributed by atoms with Crippen molar-refractivity contribution < 1.29 is 0 Å². The van der Waals surface area contributed by atoms with Gasteiger partial charge in [-0.1, -0.05) is 135 Å². The summed E-state index contributed by atoms with van der Waals surface area (Å²) in [6, 6.07) is 60.0. The van der Waals surface area contributed by atoms with Gasteiger partial charge in [-0.3, -0.25) is 0 Å². The van der Waals surface area contributed by atoms with Crippen molar-refractivity contribution in [2.45, 2.75) is 33.1 Å². The van der Waals surface area contributed by atoms with Crippen LogP contribution in [-0.2, 0) is 0 Å². The molecule has 0 aliphatic heterocycles. The lowest BCUT2D eigenvalue weighted by molar-refractivity contribution is 0.499. The van der Waals surface area contributed by atoms with E-state index in [1.165, 1.54) is 17.5 Å². The summed E-state index contributed by atoms with van der Waals surface area (Å²) in [5, 5.41) is 0. The predicted octanol–water partition coefficient (Wildman–Crippen LogP) is 13.8. The number of para-hydroxylation sites is 4. The van der Waals surface area contributed by atoms with Crippen molar-refractivity contribution in [1.29, 1.82) is 0 Å². The van der Waals surface area contributed by atoms with Crippen molar-refractivity contribution in [3.05, 3.63) is 193 Å². The Balaban J connectivity index is 1.05. The van der Waals surface area contributed by atoms with E-state index in [2.05, 4.69) is 218 Å². The van der Waals surface area contributed by atoms with Gasteiger partial charge >= 0.3 is 0 Å². The van der Waals surface area contributed by atoms with Crippen molar-refractivity contribution in [2.24, 2.45) is 11.8 Å². The van der Waals surface area contributed by atoms with Crippen LogP contribution < -0.4 is 9.80 Å². The molecule has 2 unspecified atom stereocenters. The SMILES string of the molecule is CCC(C=Cc1ccc(N(c2ccccc2)c2ccccc2)cc1)CCC(C)C=Cc1ccc(N(c2ccccc2)c2ccccc2)cc1. The monoisotopic (exact) mass is 638 g/mol. The lowest BCUT2D eigenvalue weighted by Gasteiger charge is -2.25. The Labute approximate surface area is 293 Å². The molecule has 0 fully saturated rings. The largest absolute Gasteiger partial charge is 0.311 e. The van der Waals surface area contributed by atoms with Crippen LogP contribution in [0.2, 0.25) is 0 Å². The van der Waals surface area contributed by atoms with Crippen LogP contribution in [0.3, 0.4) is 0 Å². The van der Waals surface area contributed by atoms with Crippen LogP contribution in [0.5, 0.6) is 0 Å². The number of hydrogen-bond acceptors (Lipinski definition) is 2. The van der Waals surface area contributed by atoms with Crippen molar-refractivity contribution in [1.82, 2.24) is 0 Å². The molecule has 0 amide bonds. The fraction of sp³-hybridized carbons (Fsp3) is 0.149. The molecule has 0 radical (unpaired) electrons. The average molecular weight is 639 g/mol. The molecule has 0 bridgehead atoms. The maximum atomic E-state index is 2.40. The average Bonchev–Trinajstić information content (AvgIpc) is 3.17. The summed E-state index contributed by atoms with van der Waals surface area (Å²) < 4.78 is 0. The lowest BCUT2D eigenvalue weighted by atomic mass is 9.93. The van der Waals surface area contributed by atoms with Crippen LogP contribution in [0.4, 0.5) is 34.1 Å². The molecule has 0 heterocycles. The van der Waals surface area contributed by atoms with Gasteiger partial charge in [0.15, 0.2) is 0 Å². The molecule has 0 aromatic heterocycles. The van der Waals surface area contributed by atoms with E-state index < -0.39 is 0 Å². The van der Waals surface area contributed by atoms with Gasteiger partial charge < -0.3 is 9.80 Å². The van der Waals surface area contributed by atoms with E-state index in [0.717, 1.165) is 47.0 Å². The molecule has 6 aromatic rings. The van der Waals surface area contributed by atoms with Gasteiger partial charge in [-0.25, -0.2) is 0 Å². The van der Waals surface area contributed by atoms with E-state index in [1.807, 2.05) is 0 Å². The van der Waals surface area contributed by atoms with Gasteiger partial charge in [0, 0.05) is 34.1 Å². The summed E-state index contributed by atoms with van der Waals surface area (Å²) in [7, 11) is 0. The molecule has 0 N–H and O–H groups in total. The fourth-order valence-electron chi connectivity index (χ4n) is 6.20. The summed E-state index contributed by atoms with van der Waals surface area (Å²) >= 11 is 0. The topological polar surface area (TPSA) is 6.48 Å². The van der Waals surface area contributed by atoms with Gasteiger partial charge in [0.2, 0.25) is 0 Å². The molecule has 0 aliphatic rings. The number of hydrogen-bond donors (Lipinski definition) is 0. The maximum absolute atomic E-state index is 2.40. The van der Waals surface area contributed by atoms with E-state index >= 15 is 0 Å². The zero-order valence-corrected chi connectivity index (χ0v) is 28.6. The quantitative estimate of drug-likeness (QED) is 0.117. The smallest absolute Gasteiger partial charge is 0.0462 e. The zero-order chi connectivity index (χ0) is 33.7. The standard InChI is InChI=1S/C47H46N2/c1-3-39(28-29-41-32-36-47(37-33-41)49(44-20-12-6-13-21-44)45-22-14-7-15-23-45)26-24-38(2)25-27-40-30-34-46(35-31-40)48(42-16-8-4-9-17-42)43-18-10-5-11-19-43/h4-23,25,27-39H,3,24,26H2,1-2H3. The predicted molar refractivity (Wildman–Crippen MR) is 212 cm³/mol. The summed E-state index contributed by atoms with van der Waals surface area (Å²) in [4.78, 5) is 4.60. The van der Waals surface area contributed by atoms with E-state index in [9.17, 15) is 0 Å². The lowest BCUT2D eigenvalue weighted by Crippen LogP contribution is -2.09. The number of rotatable bonds is 14. The van der Waals surface area contributed by atoms with Crippen LogP contribution in [0, 0.1) is 11.8 Å². The first kappa shape index (κ1) is 33.3. The van der Waals surface area contributed by atoms with E-state index in [4.69, 9.17) is 0 Å². The highest BCUT2D eigenvalue weighted by Gasteiger charge is 2.13. The Hall–Kier alpha value is -5.60. The minimum Gasteiger partial charge on any atom is -0.311 e. The summed E-state index contributed by atoms with van der Waals surface area (Å²) in [5.41, 5.74) is 9.38. The molecule has 244 valence electrons. The van der Waals surface area contributed by atoms with E-state index in [1.54, 1.807) is 0 Å². The fourth-order valence-corrected chi connectivity index (χ4v) is 6.20. The number of allylic oxidation sites excluding steroid dienone is 2. The van der Waals surface area contributed by atoms with Gasteiger partial charge in [-0.2, -0.15) is 0 Å². The van der Waals surface area contributed by atoms with E-state index in [0.29, 0.717) is 11.8 Å². The molecule has 2 atom stereocenters. The Kier molecular flexibility index (Phi) is 11.5. The maximum Gasteiger partial charge on any atom is 0.0462 e. The van der Waals surface area contributed by atoms with Gasteiger partial charge in [-0.05, 0) is 115 Å². The minimum atomic E-state index is 0.508. The van der Waals surface area contributed by atoms with Gasteiger partial charge in [0.05, 0.1) is 0 Å². The van der Waals surface area contributed by atoms with Crippen LogP contribution in [0.25, 0.3) is 12.2 Å². The molecule has 0 saturated carbocycles. The first-order valence-corrected chi connectivity index (χ1v) is 17.5. The molecule has 0 spiro atoms. The molecule has 49 heavy (non-hydrogen) atoms. The minimum absolute atomic E-state index is 0.508. The van der Waals surface area contributed by atoms with Crippen molar-refractivity contribution >= 4 is 46.3 Å². The Morgan fingerprint density at radius 3 is 1.08 bits per heavy atom. The van der Waals surface area contributed by atoms with E-state index in [-0.39, 0.29) is 0 Å². The summed E-state index contributed by atoms with van der Waals surface area (Å²) in [6.07, 6.45) is 12.8.